The molecule has 0 spiro atoms. The zero-order chi connectivity index (χ0) is 16.3. The van der Waals surface area contributed by atoms with Crippen molar-refractivity contribution in [3.8, 4) is 11.5 Å². The molecule has 1 saturated heterocycles. The van der Waals surface area contributed by atoms with Gasteiger partial charge in [-0.05, 0) is 43.5 Å². The fraction of sp³-hybridized carbons (Fsp3) is 0.500. The predicted octanol–water partition coefficient (Wildman–Crippen LogP) is 2.70. The summed E-state index contributed by atoms with van der Waals surface area (Å²) in [6, 6.07) is 5.96. The van der Waals surface area contributed by atoms with Gasteiger partial charge in [0.2, 0.25) is 0 Å². The van der Waals surface area contributed by atoms with Crippen molar-refractivity contribution in [2.24, 2.45) is 5.41 Å². The topological polar surface area (TPSA) is 59.0 Å². The van der Waals surface area contributed by atoms with Crippen LogP contribution in [0, 0.1) is 5.41 Å². The standard InChI is InChI=1S/C18H23NO4/c1-2-6-18(17(20)21)7-3-8-19(13-18)12-14-4-5-15-16(11-14)23-10-9-22-15/h2,4-5,11H,1,3,6-10,12-13H2,(H,20,21)/t18-/m0/s1. The number of fused-ring (bicyclic) bond motifs is 1. The molecular formula is C18H23NO4. The number of carboxylic acids is 1. The third kappa shape index (κ3) is 3.34. The van der Waals surface area contributed by atoms with Gasteiger partial charge in [0.25, 0.3) is 0 Å². The maximum Gasteiger partial charge on any atom is 0.311 e. The molecular weight excluding hydrogens is 294 g/mol. The number of rotatable bonds is 5. The number of hydrogen-bond acceptors (Lipinski definition) is 4. The average molecular weight is 317 g/mol. The van der Waals surface area contributed by atoms with Crippen LogP contribution >= 0.6 is 0 Å². The highest BCUT2D eigenvalue weighted by molar-refractivity contribution is 5.75. The number of benzene rings is 1. The fourth-order valence-electron chi connectivity index (χ4n) is 3.51. The van der Waals surface area contributed by atoms with Gasteiger partial charge in [-0.3, -0.25) is 9.69 Å². The van der Waals surface area contributed by atoms with E-state index in [0.29, 0.717) is 32.6 Å². The monoisotopic (exact) mass is 317 g/mol. The second-order valence-corrected chi connectivity index (χ2v) is 6.37. The number of nitrogens with zero attached hydrogens (tertiary/aromatic N) is 1. The third-order valence-electron chi connectivity index (χ3n) is 4.66. The molecule has 3 rings (SSSR count). The smallest absolute Gasteiger partial charge is 0.311 e. The van der Waals surface area contributed by atoms with Gasteiger partial charge in [-0.1, -0.05) is 12.1 Å². The van der Waals surface area contributed by atoms with Crippen molar-refractivity contribution in [2.45, 2.75) is 25.8 Å². The van der Waals surface area contributed by atoms with E-state index in [1.54, 1.807) is 6.08 Å². The normalized spacial score (nSPS) is 24.2. The third-order valence-corrected chi connectivity index (χ3v) is 4.66. The molecule has 0 unspecified atom stereocenters. The van der Waals surface area contributed by atoms with Crippen molar-refractivity contribution in [1.29, 1.82) is 0 Å². The highest BCUT2D eigenvalue weighted by Gasteiger charge is 2.41. The van der Waals surface area contributed by atoms with Crippen molar-refractivity contribution < 1.29 is 19.4 Å². The van der Waals surface area contributed by atoms with Crippen LogP contribution < -0.4 is 9.47 Å². The Hall–Kier alpha value is -2.01. The quantitative estimate of drug-likeness (QED) is 0.846. The number of piperidine rings is 1. The first-order chi connectivity index (χ1) is 11.1. The first-order valence-corrected chi connectivity index (χ1v) is 8.08. The minimum absolute atomic E-state index is 0.514. The Kier molecular flexibility index (Phi) is 4.57. The number of likely N-dealkylation sites (tertiary alicyclic amines) is 1. The van der Waals surface area contributed by atoms with Crippen LogP contribution in [0.4, 0.5) is 0 Å². The molecule has 2 heterocycles. The minimum Gasteiger partial charge on any atom is -0.486 e. The minimum atomic E-state index is -0.718. The molecule has 0 radical (unpaired) electrons. The van der Waals surface area contributed by atoms with Gasteiger partial charge in [-0.15, -0.1) is 6.58 Å². The Morgan fingerprint density at radius 2 is 2.13 bits per heavy atom. The highest BCUT2D eigenvalue weighted by Crippen LogP contribution is 2.36. The summed E-state index contributed by atoms with van der Waals surface area (Å²) in [5.74, 6) is 0.843. The number of hydrogen-bond donors (Lipinski definition) is 1. The van der Waals surface area contributed by atoms with Gasteiger partial charge in [0.15, 0.2) is 11.5 Å². The number of ether oxygens (including phenoxy) is 2. The van der Waals surface area contributed by atoms with E-state index in [4.69, 9.17) is 9.47 Å². The molecule has 5 heteroatoms. The van der Waals surface area contributed by atoms with Gasteiger partial charge in [-0.2, -0.15) is 0 Å². The van der Waals surface area contributed by atoms with E-state index in [0.717, 1.165) is 36.6 Å². The van der Waals surface area contributed by atoms with E-state index in [9.17, 15) is 9.90 Å². The Morgan fingerprint density at radius 1 is 1.35 bits per heavy atom. The molecule has 0 bridgehead atoms. The van der Waals surface area contributed by atoms with Crippen LogP contribution in [0.2, 0.25) is 0 Å². The molecule has 124 valence electrons. The zero-order valence-electron chi connectivity index (χ0n) is 13.3. The molecule has 1 aromatic carbocycles. The molecule has 1 atom stereocenters. The van der Waals surface area contributed by atoms with Crippen LogP contribution in [-0.4, -0.2) is 42.3 Å². The maximum absolute atomic E-state index is 11.7. The lowest BCUT2D eigenvalue weighted by Crippen LogP contribution is -2.47. The second-order valence-electron chi connectivity index (χ2n) is 6.37. The molecule has 1 fully saturated rings. The van der Waals surface area contributed by atoms with Crippen LogP contribution in [-0.2, 0) is 11.3 Å². The van der Waals surface area contributed by atoms with Gasteiger partial charge < -0.3 is 14.6 Å². The van der Waals surface area contributed by atoms with Gasteiger partial charge in [0.1, 0.15) is 13.2 Å². The molecule has 1 aromatic rings. The molecule has 0 saturated carbocycles. The summed E-state index contributed by atoms with van der Waals surface area (Å²) in [5.41, 5.74) is 0.419. The van der Waals surface area contributed by atoms with E-state index >= 15 is 0 Å². The van der Waals surface area contributed by atoms with Gasteiger partial charge >= 0.3 is 5.97 Å². The molecule has 5 nitrogen and oxygen atoms in total. The van der Waals surface area contributed by atoms with Gasteiger partial charge in [0, 0.05) is 13.1 Å². The van der Waals surface area contributed by atoms with Crippen molar-refractivity contribution in [3.63, 3.8) is 0 Å². The second kappa shape index (κ2) is 6.62. The SMILES string of the molecule is C=CC[C@]1(C(=O)O)CCCN(Cc2ccc3c(c2)OCCO3)C1. The summed E-state index contributed by atoms with van der Waals surface area (Å²) in [5, 5.41) is 9.65. The van der Waals surface area contributed by atoms with Crippen LogP contribution in [0.1, 0.15) is 24.8 Å². The predicted molar refractivity (Wildman–Crippen MR) is 86.8 cm³/mol. The van der Waals surface area contributed by atoms with E-state index in [1.165, 1.54) is 0 Å². The summed E-state index contributed by atoms with van der Waals surface area (Å²) in [6.07, 6.45) is 3.85. The Morgan fingerprint density at radius 3 is 2.87 bits per heavy atom. The van der Waals surface area contributed by atoms with Crippen molar-refractivity contribution in [2.75, 3.05) is 26.3 Å². The molecule has 1 N–H and O–H groups in total. The van der Waals surface area contributed by atoms with E-state index in [1.807, 2.05) is 18.2 Å². The number of allylic oxidation sites excluding steroid dienone is 1. The Bertz CT molecular complexity index is 601. The lowest BCUT2D eigenvalue weighted by Gasteiger charge is -2.39. The van der Waals surface area contributed by atoms with Crippen molar-refractivity contribution in [3.05, 3.63) is 36.4 Å². The fourth-order valence-corrected chi connectivity index (χ4v) is 3.51. The summed E-state index contributed by atoms with van der Waals surface area (Å²) in [4.78, 5) is 14.0. The van der Waals surface area contributed by atoms with Gasteiger partial charge in [-0.25, -0.2) is 0 Å². The highest BCUT2D eigenvalue weighted by atomic mass is 16.6. The molecule has 2 aliphatic rings. The number of aliphatic carboxylic acids is 1. The maximum atomic E-state index is 11.7. The first-order valence-electron chi connectivity index (χ1n) is 8.08. The van der Waals surface area contributed by atoms with Crippen molar-refractivity contribution >= 4 is 5.97 Å². The molecule has 0 amide bonds. The Labute approximate surface area is 136 Å². The van der Waals surface area contributed by atoms with Crippen LogP contribution in [0.3, 0.4) is 0 Å². The van der Waals surface area contributed by atoms with Gasteiger partial charge in [0.05, 0.1) is 5.41 Å². The largest absolute Gasteiger partial charge is 0.486 e. The summed E-state index contributed by atoms with van der Waals surface area (Å²) in [6.45, 7) is 7.08. The summed E-state index contributed by atoms with van der Waals surface area (Å²) < 4.78 is 11.2. The summed E-state index contributed by atoms with van der Waals surface area (Å²) >= 11 is 0. The molecule has 0 aliphatic carbocycles. The molecule has 2 aliphatic heterocycles. The average Bonchev–Trinajstić information content (AvgIpc) is 2.55. The lowest BCUT2D eigenvalue weighted by atomic mass is 9.77. The van der Waals surface area contributed by atoms with E-state index in [-0.39, 0.29) is 0 Å². The van der Waals surface area contributed by atoms with E-state index in [2.05, 4.69) is 11.5 Å². The first kappa shape index (κ1) is 15.9. The van der Waals surface area contributed by atoms with Crippen LogP contribution in [0.5, 0.6) is 11.5 Å². The van der Waals surface area contributed by atoms with Crippen LogP contribution in [0.25, 0.3) is 0 Å². The number of carboxylic acid groups (broad SMARTS) is 1. The van der Waals surface area contributed by atoms with Crippen LogP contribution in [0.15, 0.2) is 30.9 Å². The number of carbonyl (C=O) groups is 1. The van der Waals surface area contributed by atoms with E-state index < -0.39 is 11.4 Å². The Balaban J connectivity index is 1.72. The van der Waals surface area contributed by atoms with Crippen molar-refractivity contribution in [1.82, 2.24) is 4.90 Å². The lowest BCUT2D eigenvalue weighted by molar-refractivity contribution is -0.152. The zero-order valence-corrected chi connectivity index (χ0v) is 13.3. The summed E-state index contributed by atoms with van der Waals surface area (Å²) in [7, 11) is 0. The molecule has 0 aromatic heterocycles. The molecule has 23 heavy (non-hydrogen) atoms.